The van der Waals surface area contributed by atoms with E-state index in [0.29, 0.717) is 24.8 Å². The number of nitrogens with zero attached hydrogens (tertiary/aromatic N) is 2. The molecule has 0 bridgehead atoms. The highest BCUT2D eigenvalue weighted by Gasteiger charge is 2.01. The second-order valence-electron chi connectivity index (χ2n) is 3.88. The van der Waals surface area contributed by atoms with Crippen molar-refractivity contribution in [1.82, 2.24) is 9.97 Å². The zero-order valence-electron chi connectivity index (χ0n) is 10.3. The van der Waals surface area contributed by atoms with Crippen molar-refractivity contribution >= 4 is 11.6 Å². The van der Waals surface area contributed by atoms with Gasteiger partial charge in [0.1, 0.15) is 11.6 Å². The summed E-state index contributed by atoms with van der Waals surface area (Å²) >= 11 is 0. The van der Waals surface area contributed by atoms with E-state index in [1.807, 2.05) is 12.1 Å². The van der Waals surface area contributed by atoms with Crippen LogP contribution >= 0.6 is 0 Å². The first-order valence-electron chi connectivity index (χ1n) is 5.66. The van der Waals surface area contributed by atoms with Crippen LogP contribution in [0.1, 0.15) is 11.1 Å². The van der Waals surface area contributed by atoms with Gasteiger partial charge >= 0.3 is 0 Å². The van der Waals surface area contributed by atoms with Crippen LogP contribution in [-0.4, -0.2) is 17.1 Å². The molecule has 0 spiro atoms. The Kier molecular flexibility index (Phi) is 4.09. The minimum absolute atomic E-state index is 0.417. The quantitative estimate of drug-likeness (QED) is 0.839. The van der Waals surface area contributed by atoms with Gasteiger partial charge < -0.3 is 15.8 Å². The van der Waals surface area contributed by atoms with E-state index in [1.165, 1.54) is 11.8 Å². The average Bonchev–Trinajstić information content (AvgIpc) is 2.40. The molecule has 0 atom stereocenters. The Bertz CT molecular complexity index is 499. The first kappa shape index (κ1) is 12.3. The molecule has 5 nitrogen and oxygen atoms in total. The van der Waals surface area contributed by atoms with Crippen LogP contribution in [0.25, 0.3) is 0 Å². The number of hydrogen-bond donors (Lipinski definition) is 2. The lowest BCUT2D eigenvalue weighted by Crippen LogP contribution is -2.05. The van der Waals surface area contributed by atoms with Crippen molar-refractivity contribution in [3.05, 3.63) is 47.8 Å². The molecular weight excluding hydrogens is 228 g/mol. The Labute approximate surface area is 106 Å². The van der Waals surface area contributed by atoms with Gasteiger partial charge in [-0.1, -0.05) is 24.3 Å². The molecule has 1 aromatic carbocycles. The Morgan fingerprint density at radius 2 is 1.94 bits per heavy atom. The normalized spacial score (nSPS) is 10.3. The fourth-order valence-electron chi connectivity index (χ4n) is 1.64. The van der Waals surface area contributed by atoms with Crippen molar-refractivity contribution in [1.29, 1.82) is 0 Å². The maximum atomic E-state index is 5.48. The molecule has 0 aliphatic heterocycles. The molecule has 3 N–H and O–H groups in total. The van der Waals surface area contributed by atoms with Crippen molar-refractivity contribution in [3.8, 4) is 0 Å². The molecular formula is C13H16N4O. The molecule has 0 aliphatic rings. The van der Waals surface area contributed by atoms with Crippen LogP contribution in [-0.2, 0) is 17.9 Å². The summed E-state index contributed by atoms with van der Waals surface area (Å²) in [5.41, 5.74) is 7.82. The largest absolute Gasteiger partial charge is 0.382 e. The second kappa shape index (κ2) is 5.97. The van der Waals surface area contributed by atoms with Gasteiger partial charge in [-0.15, -0.1) is 0 Å². The number of ether oxygens (including phenoxy) is 1. The van der Waals surface area contributed by atoms with E-state index in [-0.39, 0.29) is 0 Å². The van der Waals surface area contributed by atoms with Crippen molar-refractivity contribution in [3.63, 3.8) is 0 Å². The zero-order valence-corrected chi connectivity index (χ0v) is 10.3. The molecule has 0 amide bonds. The van der Waals surface area contributed by atoms with E-state index in [4.69, 9.17) is 10.5 Å². The van der Waals surface area contributed by atoms with Gasteiger partial charge in [-0.3, -0.25) is 0 Å². The van der Waals surface area contributed by atoms with Gasteiger partial charge in [0.05, 0.1) is 19.0 Å². The molecule has 0 saturated carbocycles. The van der Waals surface area contributed by atoms with E-state index < -0.39 is 0 Å². The molecule has 0 fully saturated rings. The molecule has 5 heteroatoms. The van der Waals surface area contributed by atoms with Crippen LogP contribution in [0.15, 0.2) is 36.7 Å². The summed E-state index contributed by atoms with van der Waals surface area (Å²) in [6.07, 6.45) is 3.15. The van der Waals surface area contributed by atoms with E-state index in [0.717, 1.165) is 5.56 Å². The number of nitrogens with one attached hydrogen (secondary N) is 1. The summed E-state index contributed by atoms with van der Waals surface area (Å²) in [6.45, 7) is 1.28. The first-order chi connectivity index (χ1) is 8.79. The molecule has 2 rings (SSSR count). The third-order valence-electron chi connectivity index (χ3n) is 2.55. The van der Waals surface area contributed by atoms with Gasteiger partial charge in [0.25, 0.3) is 0 Å². The van der Waals surface area contributed by atoms with Crippen LogP contribution < -0.4 is 11.1 Å². The number of hydrogen-bond acceptors (Lipinski definition) is 5. The smallest absolute Gasteiger partial charge is 0.144 e. The minimum Gasteiger partial charge on any atom is -0.382 e. The predicted molar refractivity (Wildman–Crippen MR) is 70.9 cm³/mol. The SMILES string of the molecule is COCc1ccccc1CNc1cnc(N)cn1. The minimum atomic E-state index is 0.417. The Morgan fingerprint density at radius 1 is 1.17 bits per heavy atom. The van der Waals surface area contributed by atoms with E-state index in [2.05, 4.69) is 27.4 Å². The van der Waals surface area contributed by atoms with Gasteiger partial charge in [0.2, 0.25) is 0 Å². The van der Waals surface area contributed by atoms with Crippen LogP contribution in [0.2, 0.25) is 0 Å². The van der Waals surface area contributed by atoms with Crippen molar-refractivity contribution < 1.29 is 4.74 Å². The van der Waals surface area contributed by atoms with Crippen molar-refractivity contribution in [2.24, 2.45) is 0 Å². The fraction of sp³-hybridized carbons (Fsp3) is 0.231. The van der Waals surface area contributed by atoms with Gasteiger partial charge in [0, 0.05) is 13.7 Å². The standard InChI is InChI=1S/C13H16N4O/c1-18-9-11-5-3-2-4-10(11)6-16-13-8-15-12(14)7-17-13/h2-5,7-8H,6,9H2,1H3,(H2,14,15)(H,16,17). The van der Waals surface area contributed by atoms with E-state index in [9.17, 15) is 0 Å². The summed E-state index contributed by atoms with van der Waals surface area (Å²) < 4.78 is 5.16. The maximum absolute atomic E-state index is 5.48. The fourth-order valence-corrected chi connectivity index (χ4v) is 1.64. The number of nitrogens with two attached hydrogens (primary N) is 1. The third kappa shape index (κ3) is 3.18. The van der Waals surface area contributed by atoms with Crippen LogP contribution in [0.5, 0.6) is 0 Å². The summed E-state index contributed by atoms with van der Waals surface area (Å²) in [5, 5.41) is 3.20. The van der Waals surface area contributed by atoms with Crippen LogP contribution in [0, 0.1) is 0 Å². The van der Waals surface area contributed by atoms with Crippen molar-refractivity contribution in [2.45, 2.75) is 13.2 Å². The molecule has 1 aromatic heterocycles. The van der Waals surface area contributed by atoms with Gasteiger partial charge in [0.15, 0.2) is 0 Å². The molecule has 0 radical (unpaired) electrons. The highest BCUT2D eigenvalue weighted by Crippen LogP contribution is 2.12. The molecule has 0 aliphatic carbocycles. The Morgan fingerprint density at radius 3 is 2.61 bits per heavy atom. The van der Waals surface area contributed by atoms with Crippen molar-refractivity contribution in [2.75, 3.05) is 18.2 Å². The molecule has 1 heterocycles. The number of benzene rings is 1. The number of nitrogen functional groups attached to an aromatic ring is 1. The molecule has 94 valence electrons. The van der Waals surface area contributed by atoms with E-state index in [1.54, 1.807) is 13.3 Å². The van der Waals surface area contributed by atoms with Gasteiger partial charge in [-0.05, 0) is 11.1 Å². The third-order valence-corrected chi connectivity index (χ3v) is 2.55. The Hall–Kier alpha value is -2.14. The van der Waals surface area contributed by atoms with E-state index >= 15 is 0 Å². The molecule has 18 heavy (non-hydrogen) atoms. The molecule has 0 unspecified atom stereocenters. The molecule has 2 aromatic rings. The number of rotatable bonds is 5. The van der Waals surface area contributed by atoms with Gasteiger partial charge in [-0.25, -0.2) is 9.97 Å². The number of anilines is 2. The number of aromatic nitrogens is 2. The summed E-state index contributed by atoms with van der Waals surface area (Å²) in [4.78, 5) is 8.12. The maximum Gasteiger partial charge on any atom is 0.144 e. The summed E-state index contributed by atoms with van der Waals surface area (Å²) in [7, 11) is 1.69. The molecule has 0 saturated heterocycles. The average molecular weight is 244 g/mol. The van der Waals surface area contributed by atoms with Crippen LogP contribution in [0.3, 0.4) is 0 Å². The van der Waals surface area contributed by atoms with Gasteiger partial charge in [-0.2, -0.15) is 0 Å². The summed E-state index contributed by atoms with van der Waals surface area (Å²) in [5.74, 6) is 1.12. The second-order valence-corrected chi connectivity index (χ2v) is 3.88. The number of methoxy groups -OCH3 is 1. The topological polar surface area (TPSA) is 73.1 Å². The zero-order chi connectivity index (χ0) is 12.8. The highest BCUT2D eigenvalue weighted by atomic mass is 16.5. The lowest BCUT2D eigenvalue weighted by Gasteiger charge is -2.10. The summed E-state index contributed by atoms with van der Waals surface area (Å²) in [6, 6.07) is 8.12. The lowest BCUT2D eigenvalue weighted by molar-refractivity contribution is 0.184. The highest BCUT2D eigenvalue weighted by molar-refractivity contribution is 5.38. The monoisotopic (exact) mass is 244 g/mol. The lowest BCUT2D eigenvalue weighted by atomic mass is 10.1. The van der Waals surface area contributed by atoms with Crippen LogP contribution in [0.4, 0.5) is 11.6 Å². The first-order valence-corrected chi connectivity index (χ1v) is 5.66. The predicted octanol–water partition coefficient (Wildman–Crippen LogP) is 1.82. The Balaban J connectivity index is 2.03.